The first-order valence-corrected chi connectivity index (χ1v) is 8.32. The summed E-state index contributed by atoms with van der Waals surface area (Å²) in [6.07, 6.45) is -0.893. The molecule has 1 N–H and O–H groups in total. The van der Waals surface area contributed by atoms with E-state index in [1.165, 1.54) is 11.3 Å². The Morgan fingerprint density at radius 3 is 2.67 bits per heavy atom. The number of nitrogens with one attached hydrogen (secondary N) is 1. The second kappa shape index (κ2) is 6.80. The van der Waals surface area contributed by atoms with Crippen molar-refractivity contribution >= 4 is 39.1 Å². The molecule has 1 heterocycles. The van der Waals surface area contributed by atoms with E-state index in [0.717, 1.165) is 15.8 Å². The Balaban J connectivity index is 1.64. The fraction of sp³-hybridized carbons (Fsp3) is 0.167. The van der Waals surface area contributed by atoms with E-state index in [1.807, 2.05) is 19.1 Å². The fourth-order valence-corrected chi connectivity index (χ4v) is 2.86. The monoisotopic (exact) mass is 340 g/mol. The number of hydrogen-bond donors (Lipinski definition) is 1. The van der Waals surface area contributed by atoms with E-state index in [0.29, 0.717) is 11.3 Å². The highest BCUT2D eigenvalue weighted by atomic mass is 32.1. The molecule has 0 aliphatic carbocycles. The molecule has 0 aliphatic rings. The Labute approximate surface area is 143 Å². The molecule has 1 atom stereocenters. The van der Waals surface area contributed by atoms with Crippen molar-refractivity contribution in [2.24, 2.45) is 0 Å². The molecule has 5 nitrogen and oxygen atoms in total. The SMILES string of the molecule is Cc1ccc(NC(=O)[C@@H](C)OC(=O)c2ccc3ncsc3c2)cc1. The minimum atomic E-state index is -0.893. The summed E-state index contributed by atoms with van der Waals surface area (Å²) in [5.41, 5.74) is 4.73. The second-order valence-electron chi connectivity index (χ2n) is 5.44. The van der Waals surface area contributed by atoms with Crippen LogP contribution in [0.4, 0.5) is 5.69 Å². The van der Waals surface area contributed by atoms with Gasteiger partial charge in [0.15, 0.2) is 6.10 Å². The number of amides is 1. The smallest absolute Gasteiger partial charge is 0.338 e. The van der Waals surface area contributed by atoms with Crippen LogP contribution >= 0.6 is 11.3 Å². The third-order valence-electron chi connectivity index (χ3n) is 3.54. The predicted octanol–water partition coefficient (Wildman–Crippen LogP) is 3.79. The van der Waals surface area contributed by atoms with Crippen molar-refractivity contribution in [1.82, 2.24) is 4.98 Å². The number of esters is 1. The van der Waals surface area contributed by atoms with Gasteiger partial charge in [-0.15, -0.1) is 11.3 Å². The molecular formula is C18H16N2O3S. The number of rotatable bonds is 4. The Bertz CT molecular complexity index is 887. The van der Waals surface area contributed by atoms with Crippen molar-refractivity contribution in [1.29, 1.82) is 0 Å². The van der Waals surface area contributed by atoms with Gasteiger partial charge in [-0.3, -0.25) is 4.79 Å². The number of anilines is 1. The fourth-order valence-electron chi connectivity index (χ4n) is 2.14. The van der Waals surface area contributed by atoms with Crippen molar-refractivity contribution in [3.63, 3.8) is 0 Å². The van der Waals surface area contributed by atoms with Crippen LogP contribution in [0, 0.1) is 6.92 Å². The zero-order valence-corrected chi connectivity index (χ0v) is 14.1. The number of hydrogen-bond acceptors (Lipinski definition) is 5. The molecule has 122 valence electrons. The van der Waals surface area contributed by atoms with E-state index in [4.69, 9.17) is 4.74 Å². The third-order valence-corrected chi connectivity index (χ3v) is 4.33. The maximum atomic E-state index is 12.2. The van der Waals surface area contributed by atoms with Gasteiger partial charge in [0.25, 0.3) is 5.91 Å². The summed E-state index contributed by atoms with van der Waals surface area (Å²) in [6, 6.07) is 12.5. The Kier molecular flexibility index (Phi) is 4.57. The maximum absolute atomic E-state index is 12.2. The van der Waals surface area contributed by atoms with E-state index in [2.05, 4.69) is 10.3 Å². The van der Waals surface area contributed by atoms with Crippen LogP contribution in [-0.4, -0.2) is 23.0 Å². The van der Waals surface area contributed by atoms with Gasteiger partial charge in [0.1, 0.15) is 0 Å². The number of nitrogens with zero attached hydrogens (tertiary/aromatic N) is 1. The maximum Gasteiger partial charge on any atom is 0.338 e. The van der Waals surface area contributed by atoms with Crippen molar-refractivity contribution in [3.05, 3.63) is 59.1 Å². The molecule has 0 unspecified atom stereocenters. The number of fused-ring (bicyclic) bond motifs is 1. The zero-order valence-electron chi connectivity index (χ0n) is 13.3. The first-order chi connectivity index (χ1) is 11.5. The first-order valence-electron chi connectivity index (χ1n) is 7.45. The molecule has 0 saturated carbocycles. The van der Waals surface area contributed by atoms with Crippen LogP contribution in [-0.2, 0) is 9.53 Å². The molecule has 0 saturated heterocycles. The summed E-state index contributed by atoms with van der Waals surface area (Å²) in [5, 5.41) is 2.73. The highest BCUT2D eigenvalue weighted by Gasteiger charge is 2.19. The van der Waals surface area contributed by atoms with Crippen molar-refractivity contribution in [3.8, 4) is 0 Å². The lowest BCUT2D eigenvalue weighted by Gasteiger charge is -2.13. The van der Waals surface area contributed by atoms with E-state index in [1.54, 1.807) is 42.8 Å². The average molecular weight is 340 g/mol. The van der Waals surface area contributed by atoms with E-state index < -0.39 is 12.1 Å². The van der Waals surface area contributed by atoms with Gasteiger partial charge in [-0.2, -0.15) is 0 Å². The highest BCUT2D eigenvalue weighted by molar-refractivity contribution is 7.16. The lowest BCUT2D eigenvalue weighted by atomic mass is 10.2. The van der Waals surface area contributed by atoms with Gasteiger partial charge in [-0.05, 0) is 44.2 Å². The minimum Gasteiger partial charge on any atom is -0.449 e. The quantitative estimate of drug-likeness (QED) is 0.734. The van der Waals surface area contributed by atoms with Crippen molar-refractivity contribution in [2.75, 3.05) is 5.32 Å². The molecule has 3 aromatic rings. The number of carbonyl (C=O) groups is 2. The van der Waals surface area contributed by atoms with Crippen molar-refractivity contribution < 1.29 is 14.3 Å². The zero-order chi connectivity index (χ0) is 17.1. The van der Waals surface area contributed by atoms with Gasteiger partial charge in [0.05, 0.1) is 21.3 Å². The largest absolute Gasteiger partial charge is 0.449 e. The lowest BCUT2D eigenvalue weighted by Crippen LogP contribution is -2.30. The van der Waals surface area contributed by atoms with Crippen LogP contribution in [0.5, 0.6) is 0 Å². The molecule has 0 spiro atoms. The molecular weight excluding hydrogens is 324 g/mol. The molecule has 6 heteroatoms. The molecule has 0 fully saturated rings. The van der Waals surface area contributed by atoms with Gasteiger partial charge in [-0.1, -0.05) is 17.7 Å². The molecule has 0 aliphatic heterocycles. The summed E-state index contributed by atoms with van der Waals surface area (Å²) in [7, 11) is 0. The number of thiazole rings is 1. The second-order valence-corrected chi connectivity index (χ2v) is 6.32. The number of aryl methyl sites for hydroxylation is 1. The van der Waals surface area contributed by atoms with Crippen LogP contribution in [0.1, 0.15) is 22.8 Å². The Morgan fingerprint density at radius 2 is 1.92 bits per heavy atom. The van der Waals surface area contributed by atoms with E-state index in [9.17, 15) is 9.59 Å². The molecule has 3 rings (SSSR count). The third kappa shape index (κ3) is 3.60. The molecule has 1 amide bonds. The van der Waals surface area contributed by atoms with Crippen molar-refractivity contribution in [2.45, 2.75) is 20.0 Å². The summed E-state index contributed by atoms with van der Waals surface area (Å²) >= 11 is 1.45. The standard InChI is InChI=1S/C18H16N2O3S/c1-11-3-6-14(7-4-11)20-17(21)12(2)23-18(22)13-5-8-15-16(9-13)24-10-19-15/h3-10,12H,1-2H3,(H,20,21)/t12-/m1/s1. The van der Waals surface area contributed by atoms with Gasteiger partial charge in [-0.25, -0.2) is 9.78 Å². The van der Waals surface area contributed by atoms with Crippen LogP contribution in [0.25, 0.3) is 10.2 Å². The minimum absolute atomic E-state index is 0.369. The molecule has 1 aromatic heterocycles. The molecule has 0 bridgehead atoms. The lowest BCUT2D eigenvalue weighted by molar-refractivity contribution is -0.123. The van der Waals surface area contributed by atoms with Crippen LogP contribution in [0.15, 0.2) is 48.0 Å². The molecule has 0 radical (unpaired) electrons. The van der Waals surface area contributed by atoms with Crippen LogP contribution < -0.4 is 5.32 Å². The Hall–Kier alpha value is -2.73. The van der Waals surface area contributed by atoms with Crippen LogP contribution in [0.3, 0.4) is 0 Å². The highest BCUT2D eigenvalue weighted by Crippen LogP contribution is 2.20. The van der Waals surface area contributed by atoms with Crippen LogP contribution in [0.2, 0.25) is 0 Å². The van der Waals surface area contributed by atoms with Gasteiger partial charge < -0.3 is 10.1 Å². The molecule has 24 heavy (non-hydrogen) atoms. The van der Waals surface area contributed by atoms with E-state index in [-0.39, 0.29) is 5.91 Å². The van der Waals surface area contributed by atoms with Gasteiger partial charge in [0.2, 0.25) is 0 Å². The number of carbonyl (C=O) groups excluding carboxylic acids is 2. The Morgan fingerprint density at radius 1 is 1.17 bits per heavy atom. The number of benzene rings is 2. The average Bonchev–Trinajstić information content (AvgIpc) is 3.04. The summed E-state index contributed by atoms with van der Waals surface area (Å²) < 4.78 is 6.16. The first kappa shape index (κ1) is 16.1. The van der Waals surface area contributed by atoms with Gasteiger partial charge in [0, 0.05) is 5.69 Å². The predicted molar refractivity (Wildman–Crippen MR) is 94.3 cm³/mol. The summed E-state index contributed by atoms with van der Waals surface area (Å²) in [5.74, 6) is -0.900. The van der Waals surface area contributed by atoms with Gasteiger partial charge >= 0.3 is 5.97 Å². The number of ether oxygens (including phenoxy) is 1. The summed E-state index contributed by atoms with van der Waals surface area (Å²) in [4.78, 5) is 28.5. The van der Waals surface area contributed by atoms with E-state index >= 15 is 0 Å². The topological polar surface area (TPSA) is 68.3 Å². The summed E-state index contributed by atoms with van der Waals surface area (Å²) in [6.45, 7) is 3.52. The number of aromatic nitrogens is 1. The molecule has 2 aromatic carbocycles. The normalized spacial score (nSPS) is 11.9.